The largest absolute Gasteiger partial charge is 0.444 e. The Balaban J connectivity index is 3.15. The van der Waals surface area contributed by atoms with Crippen LogP contribution < -0.4 is 11.1 Å². The van der Waals surface area contributed by atoms with Crippen molar-refractivity contribution < 1.29 is 9.53 Å². The SMILES string of the molecule is CC=N/C(=C(N)\C=C(/C)CC)c1cc(NC(=O)OC(C)(C)C)ncn1. The van der Waals surface area contributed by atoms with Gasteiger partial charge < -0.3 is 10.5 Å². The van der Waals surface area contributed by atoms with Crippen molar-refractivity contribution in [2.75, 3.05) is 5.32 Å². The Bertz CT molecular complexity index is 700. The Morgan fingerprint density at radius 3 is 2.64 bits per heavy atom. The predicted octanol–water partition coefficient (Wildman–Crippen LogP) is 3.90. The quantitative estimate of drug-likeness (QED) is 0.622. The lowest BCUT2D eigenvalue weighted by Gasteiger charge is -2.19. The van der Waals surface area contributed by atoms with E-state index in [1.807, 2.05) is 13.0 Å². The summed E-state index contributed by atoms with van der Waals surface area (Å²) in [5.74, 6) is 0.312. The van der Waals surface area contributed by atoms with E-state index < -0.39 is 11.7 Å². The number of aliphatic imine (C=N–C) groups is 1. The molecule has 0 aliphatic heterocycles. The molecule has 25 heavy (non-hydrogen) atoms. The monoisotopic (exact) mass is 345 g/mol. The van der Waals surface area contributed by atoms with Gasteiger partial charge >= 0.3 is 6.09 Å². The molecule has 7 nitrogen and oxygen atoms in total. The van der Waals surface area contributed by atoms with Crippen LogP contribution in [-0.2, 0) is 4.74 Å². The molecule has 0 radical (unpaired) electrons. The van der Waals surface area contributed by atoms with Gasteiger partial charge in [-0.3, -0.25) is 10.3 Å². The molecule has 0 saturated carbocycles. The molecule has 7 heteroatoms. The minimum atomic E-state index is -0.593. The van der Waals surface area contributed by atoms with Gasteiger partial charge in [0.05, 0.1) is 11.4 Å². The zero-order chi connectivity index (χ0) is 19.0. The molecule has 0 atom stereocenters. The maximum absolute atomic E-state index is 11.9. The lowest BCUT2D eigenvalue weighted by atomic mass is 10.1. The molecule has 0 bridgehead atoms. The van der Waals surface area contributed by atoms with Gasteiger partial charge in [0, 0.05) is 12.3 Å². The second kappa shape index (κ2) is 8.96. The molecule has 0 aliphatic carbocycles. The van der Waals surface area contributed by atoms with Gasteiger partial charge in [0.2, 0.25) is 0 Å². The molecule has 1 amide bonds. The standard InChI is InChI=1S/C18H27N5O2/c1-7-12(3)9-13(19)16(20-8-2)14-10-15(22-11-21-14)23-17(24)25-18(4,5)6/h8-11H,7,19H2,1-6H3,(H,21,22,23,24)/b12-9+,16-13+,20-8?. The van der Waals surface area contributed by atoms with Crippen molar-refractivity contribution in [3.8, 4) is 0 Å². The number of hydrogen-bond donors (Lipinski definition) is 2. The van der Waals surface area contributed by atoms with E-state index in [1.54, 1.807) is 40.0 Å². The van der Waals surface area contributed by atoms with E-state index in [1.165, 1.54) is 6.33 Å². The third kappa shape index (κ3) is 7.15. The van der Waals surface area contributed by atoms with Crippen LogP contribution in [0.25, 0.3) is 5.70 Å². The van der Waals surface area contributed by atoms with Crippen LogP contribution in [-0.4, -0.2) is 27.9 Å². The van der Waals surface area contributed by atoms with Crippen LogP contribution in [0.5, 0.6) is 0 Å². The van der Waals surface area contributed by atoms with Crippen molar-refractivity contribution in [2.45, 2.75) is 53.6 Å². The van der Waals surface area contributed by atoms with Crippen molar-refractivity contribution in [1.29, 1.82) is 0 Å². The molecule has 1 aromatic rings. The highest BCUT2D eigenvalue weighted by Gasteiger charge is 2.17. The number of rotatable bonds is 5. The summed E-state index contributed by atoms with van der Waals surface area (Å²) in [5, 5.41) is 2.58. The average Bonchev–Trinajstić information content (AvgIpc) is 2.50. The summed E-state index contributed by atoms with van der Waals surface area (Å²) in [4.78, 5) is 24.4. The van der Waals surface area contributed by atoms with Crippen LogP contribution in [0.1, 0.15) is 53.7 Å². The van der Waals surface area contributed by atoms with Crippen molar-refractivity contribution in [3.05, 3.63) is 35.4 Å². The summed E-state index contributed by atoms with van der Waals surface area (Å²) in [7, 11) is 0. The van der Waals surface area contributed by atoms with Gasteiger partial charge in [0.25, 0.3) is 0 Å². The van der Waals surface area contributed by atoms with E-state index >= 15 is 0 Å². The topological polar surface area (TPSA) is 102 Å². The summed E-state index contributed by atoms with van der Waals surface area (Å²) < 4.78 is 5.22. The van der Waals surface area contributed by atoms with E-state index in [4.69, 9.17) is 10.5 Å². The number of anilines is 1. The highest BCUT2D eigenvalue weighted by molar-refractivity contribution is 5.84. The van der Waals surface area contributed by atoms with Crippen molar-refractivity contribution in [1.82, 2.24) is 9.97 Å². The maximum atomic E-state index is 11.9. The molecule has 0 aromatic carbocycles. The van der Waals surface area contributed by atoms with Crippen LogP contribution >= 0.6 is 0 Å². The van der Waals surface area contributed by atoms with E-state index in [0.29, 0.717) is 22.9 Å². The van der Waals surface area contributed by atoms with Crippen LogP contribution in [0, 0.1) is 0 Å². The van der Waals surface area contributed by atoms with E-state index in [0.717, 1.165) is 12.0 Å². The molecule has 3 N–H and O–H groups in total. The lowest BCUT2D eigenvalue weighted by Crippen LogP contribution is -2.27. The van der Waals surface area contributed by atoms with Crippen molar-refractivity contribution >= 4 is 23.8 Å². The van der Waals surface area contributed by atoms with Gasteiger partial charge in [0.15, 0.2) is 0 Å². The summed E-state index contributed by atoms with van der Waals surface area (Å²) in [6, 6.07) is 1.61. The summed E-state index contributed by atoms with van der Waals surface area (Å²) in [6.07, 6.45) is 5.15. The summed E-state index contributed by atoms with van der Waals surface area (Å²) in [6.45, 7) is 11.2. The number of aromatic nitrogens is 2. The Hall–Kier alpha value is -2.70. The predicted molar refractivity (Wildman–Crippen MR) is 101 cm³/mol. The molecule has 136 valence electrons. The number of ether oxygens (including phenoxy) is 1. The minimum absolute atomic E-state index is 0.312. The summed E-state index contributed by atoms with van der Waals surface area (Å²) >= 11 is 0. The normalized spacial score (nSPS) is 13.6. The van der Waals surface area contributed by atoms with Gasteiger partial charge in [-0.15, -0.1) is 0 Å². The van der Waals surface area contributed by atoms with E-state index in [9.17, 15) is 4.79 Å². The van der Waals surface area contributed by atoms with Gasteiger partial charge in [-0.25, -0.2) is 14.8 Å². The number of amides is 1. The first-order valence-corrected chi connectivity index (χ1v) is 8.14. The fraction of sp³-hybridized carbons (Fsp3) is 0.444. The number of hydrogen-bond acceptors (Lipinski definition) is 6. The smallest absolute Gasteiger partial charge is 0.413 e. The van der Waals surface area contributed by atoms with Crippen molar-refractivity contribution in [3.63, 3.8) is 0 Å². The first-order chi connectivity index (χ1) is 11.7. The van der Waals surface area contributed by atoms with Crippen LogP contribution in [0.15, 0.2) is 34.7 Å². The van der Waals surface area contributed by atoms with Crippen LogP contribution in [0.2, 0.25) is 0 Å². The van der Waals surface area contributed by atoms with Gasteiger partial charge in [0.1, 0.15) is 23.4 Å². The highest BCUT2D eigenvalue weighted by atomic mass is 16.6. The van der Waals surface area contributed by atoms with E-state index in [2.05, 4.69) is 27.2 Å². The Morgan fingerprint density at radius 1 is 1.40 bits per heavy atom. The maximum Gasteiger partial charge on any atom is 0.413 e. The number of carbonyl (C=O) groups excluding carboxylic acids is 1. The molecule has 0 spiro atoms. The zero-order valence-corrected chi connectivity index (χ0v) is 15.8. The molecule has 0 fully saturated rings. The molecule has 0 unspecified atom stereocenters. The Kier molecular flexibility index (Phi) is 7.29. The molecular weight excluding hydrogens is 318 g/mol. The fourth-order valence-corrected chi connectivity index (χ4v) is 1.82. The van der Waals surface area contributed by atoms with Crippen LogP contribution in [0.4, 0.5) is 10.6 Å². The lowest BCUT2D eigenvalue weighted by molar-refractivity contribution is 0.0635. The number of nitrogens with two attached hydrogens (primary N) is 1. The third-order valence-corrected chi connectivity index (χ3v) is 3.03. The Labute approximate surface area is 149 Å². The third-order valence-electron chi connectivity index (χ3n) is 3.03. The second-order valence-corrected chi connectivity index (χ2v) is 6.45. The number of allylic oxidation sites excluding steroid dienone is 2. The number of nitrogens with one attached hydrogen (secondary N) is 1. The Morgan fingerprint density at radius 2 is 2.08 bits per heavy atom. The summed E-state index contributed by atoms with van der Waals surface area (Å²) in [5.41, 5.74) is 8.23. The molecule has 1 aromatic heterocycles. The molecule has 1 rings (SSSR count). The van der Waals surface area contributed by atoms with Crippen molar-refractivity contribution in [2.24, 2.45) is 10.7 Å². The molecule has 1 heterocycles. The number of nitrogens with zero attached hydrogens (tertiary/aromatic N) is 3. The van der Waals surface area contributed by atoms with Gasteiger partial charge in [-0.05, 0) is 47.1 Å². The minimum Gasteiger partial charge on any atom is -0.444 e. The molecule has 0 aliphatic rings. The molecule has 0 saturated heterocycles. The molecular formula is C18H27N5O2. The second-order valence-electron chi connectivity index (χ2n) is 6.45. The zero-order valence-electron chi connectivity index (χ0n) is 15.8. The highest BCUT2D eigenvalue weighted by Crippen LogP contribution is 2.20. The average molecular weight is 345 g/mol. The van der Waals surface area contributed by atoms with Crippen LogP contribution in [0.3, 0.4) is 0 Å². The van der Waals surface area contributed by atoms with Gasteiger partial charge in [-0.1, -0.05) is 12.5 Å². The first kappa shape index (κ1) is 20.3. The fourth-order valence-electron chi connectivity index (χ4n) is 1.82. The van der Waals surface area contributed by atoms with E-state index in [-0.39, 0.29) is 0 Å². The van der Waals surface area contributed by atoms with Gasteiger partial charge in [-0.2, -0.15) is 0 Å². The number of carbonyl (C=O) groups is 1. The first-order valence-electron chi connectivity index (χ1n) is 8.14.